The minimum atomic E-state index is -0.291. The van der Waals surface area contributed by atoms with Crippen LogP contribution >= 0.6 is 11.3 Å². The summed E-state index contributed by atoms with van der Waals surface area (Å²) in [6.07, 6.45) is 7.11. The molecule has 2 aliphatic carbocycles. The van der Waals surface area contributed by atoms with E-state index in [2.05, 4.69) is 26.1 Å². The molecule has 4 nitrogen and oxygen atoms in total. The summed E-state index contributed by atoms with van der Waals surface area (Å²) in [5.41, 5.74) is 1.97. The van der Waals surface area contributed by atoms with Crippen LogP contribution in [0.25, 0.3) is 0 Å². The molecule has 1 saturated carbocycles. The molecule has 3 rings (SSSR count). The Kier molecular flexibility index (Phi) is 5.75. The topological polar surface area (TPSA) is 55.4 Å². The molecule has 1 aromatic rings. The molecule has 0 spiro atoms. The first-order valence-electron chi connectivity index (χ1n) is 9.93. The number of anilines is 1. The van der Waals surface area contributed by atoms with Gasteiger partial charge in [0.15, 0.2) is 0 Å². The summed E-state index contributed by atoms with van der Waals surface area (Å²) in [6.45, 7) is 9.02. The van der Waals surface area contributed by atoms with Crippen molar-refractivity contribution in [2.75, 3.05) is 11.9 Å². The fourth-order valence-corrected chi connectivity index (χ4v) is 5.55. The number of carbonyl (C=O) groups is 2. The van der Waals surface area contributed by atoms with Crippen LogP contribution < -0.4 is 5.32 Å². The standard InChI is InChI=1S/C21H31NO3S/c1-5-25-20(24)17-15-11-10-14(21(2,3)4)12-16(15)26-19(17)22-18(23)13-8-6-7-9-13/h13-14H,5-12H2,1-4H3,(H,22,23). The summed E-state index contributed by atoms with van der Waals surface area (Å²) in [5, 5.41) is 3.79. The molecule has 1 N–H and O–H groups in total. The molecule has 2 aliphatic rings. The number of thiophene rings is 1. The van der Waals surface area contributed by atoms with E-state index in [0.717, 1.165) is 50.5 Å². The predicted molar refractivity (Wildman–Crippen MR) is 106 cm³/mol. The average molecular weight is 378 g/mol. The molecule has 5 heteroatoms. The number of esters is 1. The first-order valence-corrected chi connectivity index (χ1v) is 10.8. The van der Waals surface area contributed by atoms with Crippen LogP contribution in [0.3, 0.4) is 0 Å². The minimum Gasteiger partial charge on any atom is -0.462 e. The van der Waals surface area contributed by atoms with Gasteiger partial charge in [0.05, 0.1) is 12.2 Å². The highest BCUT2D eigenvalue weighted by Crippen LogP contribution is 2.44. The monoisotopic (exact) mass is 377 g/mol. The smallest absolute Gasteiger partial charge is 0.341 e. The second-order valence-electron chi connectivity index (χ2n) is 8.70. The lowest BCUT2D eigenvalue weighted by Crippen LogP contribution is -2.26. The summed E-state index contributed by atoms with van der Waals surface area (Å²) in [4.78, 5) is 26.5. The Morgan fingerprint density at radius 2 is 1.88 bits per heavy atom. The summed E-state index contributed by atoms with van der Waals surface area (Å²) in [7, 11) is 0. The molecule has 0 radical (unpaired) electrons. The van der Waals surface area contributed by atoms with Crippen molar-refractivity contribution in [1.29, 1.82) is 0 Å². The van der Waals surface area contributed by atoms with Crippen LogP contribution in [0.4, 0.5) is 5.00 Å². The molecular weight excluding hydrogens is 346 g/mol. The van der Waals surface area contributed by atoms with Gasteiger partial charge in [0.1, 0.15) is 5.00 Å². The Balaban J connectivity index is 1.89. The van der Waals surface area contributed by atoms with E-state index in [1.165, 1.54) is 4.88 Å². The minimum absolute atomic E-state index is 0.0685. The van der Waals surface area contributed by atoms with E-state index in [0.29, 0.717) is 23.1 Å². The molecule has 1 heterocycles. The number of nitrogens with one attached hydrogen (secondary N) is 1. The lowest BCUT2D eigenvalue weighted by Gasteiger charge is -2.33. The first-order chi connectivity index (χ1) is 12.3. The molecule has 1 amide bonds. The number of rotatable bonds is 4. The van der Waals surface area contributed by atoms with Gasteiger partial charge in [-0.05, 0) is 55.9 Å². The van der Waals surface area contributed by atoms with Gasteiger partial charge in [-0.1, -0.05) is 33.6 Å². The van der Waals surface area contributed by atoms with E-state index in [4.69, 9.17) is 4.74 Å². The molecular formula is C21H31NO3S. The highest BCUT2D eigenvalue weighted by atomic mass is 32.1. The van der Waals surface area contributed by atoms with Gasteiger partial charge in [0.2, 0.25) is 5.91 Å². The van der Waals surface area contributed by atoms with Crippen molar-refractivity contribution < 1.29 is 14.3 Å². The van der Waals surface area contributed by atoms with Gasteiger partial charge < -0.3 is 10.1 Å². The third kappa shape index (κ3) is 3.98. The summed E-state index contributed by atoms with van der Waals surface area (Å²) in [6, 6.07) is 0. The Morgan fingerprint density at radius 1 is 1.19 bits per heavy atom. The van der Waals surface area contributed by atoms with Crippen molar-refractivity contribution in [3.8, 4) is 0 Å². The number of hydrogen-bond acceptors (Lipinski definition) is 4. The second-order valence-corrected chi connectivity index (χ2v) is 9.81. The average Bonchev–Trinajstić information content (AvgIpc) is 3.21. The molecule has 0 bridgehead atoms. The number of ether oxygens (including phenoxy) is 1. The van der Waals surface area contributed by atoms with Crippen molar-refractivity contribution in [3.05, 3.63) is 16.0 Å². The molecule has 144 valence electrons. The molecule has 1 unspecified atom stereocenters. The Morgan fingerprint density at radius 3 is 2.50 bits per heavy atom. The maximum atomic E-state index is 12.6. The first kappa shape index (κ1) is 19.4. The van der Waals surface area contributed by atoms with E-state index in [1.54, 1.807) is 11.3 Å². The van der Waals surface area contributed by atoms with E-state index in [9.17, 15) is 9.59 Å². The summed E-state index contributed by atoms with van der Waals surface area (Å²) < 4.78 is 5.31. The van der Waals surface area contributed by atoms with Gasteiger partial charge in [-0.15, -0.1) is 11.3 Å². The van der Waals surface area contributed by atoms with Crippen LogP contribution in [0.15, 0.2) is 0 Å². The number of fused-ring (bicyclic) bond motifs is 1. The lowest BCUT2D eigenvalue weighted by atomic mass is 9.72. The van der Waals surface area contributed by atoms with Crippen LogP contribution in [-0.2, 0) is 22.4 Å². The highest BCUT2D eigenvalue weighted by molar-refractivity contribution is 7.17. The quantitative estimate of drug-likeness (QED) is 0.733. The second kappa shape index (κ2) is 7.71. The van der Waals surface area contributed by atoms with E-state index < -0.39 is 0 Å². The maximum Gasteiger partial charge on any atom is 0.341 e. The van der Waals surface area contributed by atoms with Crippen molar-refractivity contribution in [1.82, 2.24) is 0 Å². The van der Waals surface area contributed by atoms with Crippen LogP contribution in [-0.4, -0.2) is 18.5 Å². The molecule has 1 fully saturated rings. The largest absolute Gasteiger partial charge is 0.462 e. The molecule has 1 atom stereocenters. The Hall–Kier alpha value is -1.36. The molecule has 0 aromatic carbocycles. The van der Waals surface area contributed by atoms with Crippen LogP contribution in [0.1, 0.15) is 80.6 Å². The third-order valence-electron chi connectivity index (χ3n) is 5.93. The Labute approximate surface area is 160 Å². The van der Waals surface area contributed by atoms with Crippen LogP contribution in [0, 0.1) is 17.3 Å². The Bertz CT molecular complexity index is 680. The van der Waals surface area contributed by atoms with Gasteiger partial charge in [-0.2, -0.15) is 0 Å². The number of amides is 1. The normalized spacial score (nSPS) is 20.7. The molecule has 0 saturated heterocycles. The zero-order valence-electron chi connectivity index (χ0n) is 16.4. The summed E-state index contributed by atoms with van der Waals surface area (Å²) in [5.74, 6) is 0.466. The molecule has 1 aromatic heterocycles. The lowest BCUT2D eigenvalue weighted by molar-refractivity contribution is -0.119. The van der Waals surface area contributed by atoms with E-state index in [-0.39, 0.29) is 23.2 Å². The van der Waals surface area contributed by atoms with Gasteiger partial charge in [-0.3, -0.25) is 4.79 Å². The molecule has 0 aliphatic heterocycles. The van der Waals surface area contributed by atoms with E-state index in [1.807, 2.05) is 6.92 Å². The fourth-order valence-electron chi connectivity index (χ4n) is 4.23. The predicted octanol–water partition coefficient (Wildman–Crippen LogP) is 5.20. The zero-order chi connectivity index (χ0) is 18.9. The SMILES string of the molecule is CCOC(=O)c1c(NC(=O)C2CCCC2)sc2c1CCC(C(C)(C)C)C2. The van der Waals surface area contributed by atoms with Gasteiger partial charge >= 0.3 is 5.97 Å². The molecule has 26 heavy (non-hydrogen) atoms. The summed E-state index contributed by atoms with van der Waals surface area (Å²) >= 11 is 1.59. The third-order valence-corrected chi connectivity index (χ3v) is 7.10. The van der Waals surface area contributed by atoms with Crippen LogP contribution in [0.2, 0.25) is 0 Å². The number of carbonyl (C=O) groups excluding carboxylic acids is 2. The van der Waals surface area contributed by atoms with Gasteiger partial charge in [-0.25, -0.2) is 4.79 Å². The zero-order valence-corrected chi connectivity index (χ0v) is 17.3. The number of hydrogen-bond donors (Lipinski definition) is 1. The van der Waals surface area contributed by atoms with E-state index >= 15 is 0 Å². The maximum absolute atomic E-state index is 12.6. The van der Waals surface area contributed by atoms with Crippen molar-refractivity contribution in [2.24, 2.45) is 17.3 Å². The van der Waals surface area contributed by atoms with Crippen molar-refractivity contribution in [3.63, 3.8) is 0 Å². The van der Waals surface area contributed by atoms with Gasteiger partial charge in [0, 0.05) is 10.8 Å². The highest BCUT2D eigenvalue weighted by Gasteiger charge is 2.35. The van der Waals surface area contributed by atoms with Crippen molar-refractivity contribution in [2.45, 2.75) is 72.6 Å². The van der Waals surface area contributed by atoms with Crippen LogP contribution in [0.5, 0.6) is 0 Å². The van der Waals surface area contributed by atoms with Crippen molar-refractivity contribution >= 4 is 28.2 Å². The fraction of sp³-hybridized carbons (Fsp3) is 0.714. The van der Waals surface area contributed by atoms with Gasteiger partial charge in [0.25, 0.3) is 0 Å².